The predicted octanol–water partition coefficient (Wildman–Crippen LogP) is 1.12. The fourth-order valence-corrected chi connectivity index (χ4v) is 2.55. The lowest BCUT2D eigenvalue weighted by molar-refractivity contribution is 0.0743. The number of H-pyrrole nitrogens is 1. The third-order valence-electron chi connectivity index (χ3n) is 3.49. The van der Waals surface area contributed by atoms with Crippen LogP contribution < -0.4 is 5.32 Å². The highest BCUT2D eigenvalue weighted by molar-refractivity contribution is 5.03. The molecular formula is C11H18N4O. The van der Waals surface area contributed by atoms with Crippen LogP contribution in [0.5, 0.6) is 0 Å². The molecule has 2 N–H and O–H groups in total. The largest absolute Gasteiger partial charge is 0.378 e. The Hall–Kier alpha value is -0.940. The summed E-state index contributed by atoms with van der Waals surface area (Å²) < 4.78 is 5.42. The summed E-state index contributed by atoms with van der Waals surface area (Å²) in [6.45, 7) is 2.38. The standard InChI is InChI=1S/C11H18N4O/c1-2-4-8(3-1)10-13-11(15-14-10)9-7-16-6-5-12-9/h8-9,12H,1-7H2,(H,13,14,15). The maximum atomic E-state index is 5.42. The number of hydrogen-bond donors (Lipinski definition) is 2. The van der Waals surface area contributed by atoms with Gasteiger partial charge in [-0.25, -0.2) is 4.98 Å². The van der Waals surface area contributed by atoms with Crippen LogP contribution in [0.15, 0.2) is 0 Å². The van der Waals surface area contributed by atoms with Crippen molar-refractivity contribution in [3.8, 4) is 0 Å². The molecule has 0 radical (unpaired) electrons. The average molecular weight is 222 g/mol. The van der Waals surface area contributed by atoms with Gasteiger partial charge in [0.15, 0.2) is 5.82 Å². The Labute approximate surface area is 95.0 Å². The molecule has 0 amide bonds. The van der Waals surface area contributed by atoms with Gasteiger partial charge < -0.3 is 10.1 Å². The van der Waals surface area contributed by atoms with Crippen LogP contribution in [0.1, 0.15) is 49.3 Å². The van der Waals surface area contributed by atoms with E-state index in [1.807, 2.05) is 0 Å². The summed E-state index contributed by atoms with van der Waals surface area (Å²) in [5.41, 5.74) is 0. The second-order valence-corrected chi connectivity index (χ2v) is 4.64. The van der Waals surface area contributed by atoms with Crippen LogP contribution in [0, 0.1) is 0 Å². The van der Waals surface area contributed by atoms with E-state index in [9.17, 15) is 0 Å². The molecule has 1 aliphatic carbocycles. The molecule has 0 aromatic carbocycles. The van der Waals surface area contributed by atoms with Gasteiger partial charge in [-0.2, -0.15) is 5.10 Å². The van der Waals surface area contributed by atoms with Crippen molar-refractivity contribution in [3.63, 3.8) is 0 Å². The van der Waals surface area contributed by atoms with E-state index < -0.39 is 0 Å². The van der Waals surface area contributed by atoms with Gasteiger partial charge in [0.2, 0.25) is 0 Å². The number of rotatable bonds is 2. The first-order chi connectivity index (χ1) is 7.93. The molecule has 1 saturated heterocycles. The summed E-state index contributed by atoms with van der Waals surface area (Å²) in [5.74, 6) is 2.51. The van der Waals surface area contributed by atoms with Crippen molar-refractivity contribution in [1.82, 2.24) is 20.5 Å². The molecule has 3 rings (SSSR count). The number of aromatic amines is 1. The van der Waals surface area contributed by atoms with E-state index in [1.54, 1.807) is 0 Å². The third-order valence-corrected chi connectivity index (χ3v) is 3.49. The Bertz CT molecular complexity index is 340. The molecule has 1 atom stereocenters. The first kappa shape index (κ1) is 10.2. The minimum atomic E-state index is 0.191. The van der Waals surface area contributed by atoms with E-state index in [2.05, 4.69) is 20.5 Å². The van der Waals surface area contributed by atoms with Crippen molar-refractivity contribution in [2.24, 2.45) is 0 Å². The van der Waals surface area contributed by atoms with E-state index in [0.29, 0.717) is 12.5 Å². The normalized spacial score (nSPS) is 27.4. The quantitative estimate of drug-likeness (QED) is 0.787. The van der Waals surface area contributed by atoms with Crippen molar-refractivity contribution >= 4 is 0 Å². The molecule has 2 aliphatic rings. The lowest BCUT2D eigenvalue weighted by Gasteiger charge is -2.21. The van der Waals surface area contributed by atoms with Gasteiger partial charge in [0.05, 0.1) is 19.3 Å². The highest BCUT2D eigenvalue weighted by Gasteiger charge is 2.24. The predicted molar refractivity (Wildman–Crippen MR) is 59.2 cm³/mol. The van der Waals surface area contributed by atoms with Crippen LogP contribution in [0.4, 0.5) is 0 Å². The molecular weight excluding hydrogens is 204 g/mol. The minimum Gasteiger partial charge on any atom is -0.378 e. The van der Waals surface area contributed by atoms with Gasteiger partial charge in [0, 0.05) is 12.5 Å². The van der Waals surface area contributed by atoms with Gasteiger partial charge in [-0.05, 0) is 12.8 Å². The first-order valence-corrected chi connectivity index (χ1v) is 6.17. The van der Waals surface area contributed by atoms with Crippen molar-refractivity contribution < 1.29 is 4.74 Å². The van der Waals surface area contributed by atoms with Crippen molar-refractivity contribution in [2.45, 2.75) is 37.6 Å². The Balaban J connectivity index is 1.71. The number of nitrogens with zero attached hydrogens (tertiary/aromatic N) is 2. The maximum Gasteiger partial charge on any atom is 0.153 e. The number of aromatic nitrogens is 3. The maximum absolute atomic E-state index is 5.42. The zero-order valence-electron chi connectivity index (χ0n) is 9.41. The van der Waals surface area contributed by atoms with Crippen LogP contribution in [0.2, 0.25) is 0 Å². The zero-order valence-corrected chi connectivity index (χ0v) is 9.41. The van der Waals surface area contributed by atoms with E-state index in [0.717, 1.165) is 24.8 Å². The molecule has 0 spiro atoms. The molecule has 1 saturated carbocycles. The molecule has 1 aromatic rings. The Morgan fingerprint density at radius 2 is 2.12 bits per heavy atom. The van der Waals surface area contributed by atoms with Crippen LogP contribution in [-0.4, -0.2) is 34.9 Å². The molecule has 5 nitrogen and oxygen atoms in total. The second kappa shape index (κ2) is 4.51. The van der Waals surface area contributed by atoms with E-state index in [4.69, 9.17) is 4.74 Å². The van der Waals surface area contributed by atoms with Crippen molar-refractivity contribution in [3.05, 3.63) is 11.6 Å². The van der Waals surface area contributed by atoms with Crippen LogP contribution in [-0.2, 0) is 4.74 Å². The molecule has 1 unspecified atom stereocenters. The molecule has 0 bridgehead atoms. The fourth-order valence-electron chi connectivity index (χ4n) is 2.55. The van der Waals surface area contributed by atoms with Crippen molar-refractivity contribution in [2.75, 3.05) is 19.8 Å². The molecule has 16 heavy (non-hydrogen) atoms. The minimum absolute atomic E-state index is 0.191. The van der Waals surface area contributed by atoms with Crippen LogP contribution >= 0.6 is 0 Å². The van der Waals surface area contributed by atoms with Gasteiger partial charge in [-0.1, -0.05) is 12.8 Å². The molecule has 2 fully saturated rings. The lowest BCUT2D eigenvalue weighted by Crippen LogP contribution is -2.35. The number of hydrogen-bond acceptors (Lipinski definition) is 4. The first-order valence-electron chi connectivity index (χ1n) is 6.17. The van der Waals surface area contributed by atoms with Crippen LogP contribution in [0.3, 0.4) is 0 Å². The fraction of sp³-hybridized carbons (Fsp3) is 0.818. The highest BCUT2D eigenvalue weighted by atomic mass is 16.5. The summed E-state index contributed by atoms with van der Waals surface area (Å²) in [6.07, 6.45) is 5.12. The number of nitrogens with one attached hydrogen (secondary N) is 2. The molecule has 88 valence electrons. The van der Waals surface area contributed by atoms with E-state index >= 15 is 0 Å². The monoisotopic (exact) mass is 222 g/mol. The average Bonchev–Trinajstić information content (AvgIpc) is 3.01. The summed E-state index contributed by atoms with van der Waals surface area (Å²) in [6, 6.07) is 0.191. The van der Waals surface area contributed by atoms with Gasteiger partial charge >= 0.3 is 0 Å². The third kappa shape index (κ3) is 1.97. The zero-order chi connectivity index (χ0) is 10.8. The molecule has 1 aliphatic heterocycles. The van der Waals surface area contributed by atoms with E-state index in [-0.39, 0.29) is 6.04 Å². The Morgan fingerprint density at radius 1 is 1.25 bits per heavy atom. The van der Waals surface area contributed by atoms with Crippen LogP contribution in [0.25, 0.3) is 0 Å². The summed E-state index contributed by atoms with van der Waals surface area (Å²) in [7, 11) is 0. The van der Waals surface area contributed by atoms with Gasteiger partial charge in [0.1, 0.15) is 5.82 Å². The SMILES string of the molecule is C1CCC(c2n[nH]c(C3COCCN3)n2)C1. The Morgan fingerprint density at radius 3 is 2.88 bits per heavy atom. The summed E-state index contributed by atoms with van der Waals surface area (Å²) in [4.78, 5) is 4.61. The number of ether oxygens (including phenoxy) is 1. The van der Waals surface area contributed by atoms with E-state index in [1.165, 1.54) is 25.7 Å². The summed E-state index contributed by atoms with van der Waals surface area (Å²) in [5, 5.41) is 10.8. The Kier molecular flexibility index (Phi) is 2.88. The van der Waals surface area contributed by atoms with Gasteiger partial charge in [-0.15, -0.1) is 0 Å². The second-order valence-electron chi connectivity index (χ2n) is 4.64. The number of morpholine rings is 1. The smallest absolute Gasteiger partial charge is 0.153 e. The molecule has 2 heterocycles. The lowest BCUT2D eigenvalue weighted by atomic mass is 10.1. The summed E-state index contributed by atoms with van der Waals surface area (Å²) >= 11 is 0. The molecule has 5 heteroatoms. The van der Waals surface area contributed by atoms with Gasteiger partial charge in [0.25, 0.3) is 0 Å². The van der Waals surface area contributed by atoms with Crippen molar-refractivity contribution in [1.29, 1.82) is 0 Å². The van der Waals surface area contributed by atoms with Gasteiger partial charge in [-0.3, -0.25) is 5.10 Å². The topological polar surface area (TPSA) is 62.8 Å². The molecule has 1 aromatic heterocycles. The highest BCUT2D eigenvalue weighted by Crippen LogP contribution is 2.32.